The van der Waals surface area contributed by atoms with Crippen LogP contribution in [0.1, 0.15) is 5.56 Å². The molecule has 0 saturated carbocycles. The number of rotatable bonds is 1. The Balaban J connectivity index is 1.95. The molecule has 4 rings (SSSR count). The molecule has 0 atom stereocenters. The highest BCUT2D eigenvalue weighted by Crippen LogP contribution is 2.37. The molecule has 0 radical (unpaired) electrons. The molecule has 0 unspecified atom stereocenters. The molecule has 1 aliphatic rings. The van der Waals surface area contributed by atoms with E-state index in [0.717, 1.165) is 16.6 Å². The number of H-pyrrole nitrogens is 1. The summed E-state index contributed by atoms with van der Waals surface area (Å²) in [6.45, 7) is 0.519. The number of aromatic amines is 1. The molecule has 1 aliphatic heterocycles. The highest BCUT2D eigenvalue weighted by Gasteiger charge is 2.22. The summed E-state index contributed by atoms with van der Waals surface area (Å²) >= 11 is 0. The summed E-state index contributed by atoms with van der Waals surface area (Å²) in [5.74, 6) is 1.07. The summed E-state index contributed by atoms with van der Waals surface area (Å²) in [6, 6.07) is 5.00. The minimum Gasteiger partial charge on any atom is -0.492 e. The molecule has 4 nitrogen and oxygen atoms in total. The van der Waals surface area contributed by atoms with Gasteiger partial charge in [0.25, 0.3) is 0 Å². The Morgan fingerprint density at radius 2 is 2.21 bits per heavy atom. The van der Waals surface area contributed by atoms with E-state index in [4.69, 9.17) is 4.74 Å². The lowest BCUT2D eigenvalue weighted by Gasteiger charge is -2.05. The van der Waals surface area contributed by atoms with E-state index in [0.29, 0.717) is 30.2 Å². The highest BCUT2D eigenvalue weighted by atomic mass is 19.1. The maximum Gasteiger partial charge on any atom is 0.142 e. The molecule has 0 fully saturated rings. The number of aromatic nitrogens is 3. The number of nitrogens with one attached hydrogen (secondary N) is 1. The van der Waals surface area contributed by atoms with E-state index in [2.05, 4.69) is 15.0 Å². The topological polar surface area (TPSA) is 50.8 Å². The summed E-state index contributed by atoms with van der Waals surface area (Å²) in [5, 5.41) is 0. The van der Waals surface area contributed by atoms with E-state index in [9.17, 15) is 4.39 Å². The third kappa shape index (κ3) is 1.51. The molecule has 0 aliphatic carbocycles. The van der Waals surface area contributed by atoms with Crippen LogP contribution in [0.5, 0.6) is 5.75 Å². The van der Waals surface area contributed by atoms with Gasteiger partial charge in [-0.05, 0) is 18.2 Å². The van der Waals surface area contributed by atoms with Crippen molar-refractivity contribution in [2.75, 3.05) is 6.61 Å². The molecule has 1 N–H and O–H groups in total. The fourth-order valence-electron chi connectivity index (χ4n) is 2.43. The van der Waals surface area contributed by atoms with Crippen LogP contribution in [0, 0.1) is 5.82 Å². The monoisotopic (exact) mass is 255 g/mol. The van der Waals surface area contributed by atoms with Gasteiger partial charge in [0.05, 0.1) is 29.4 Å². The predicted molar refractivity (Wildman–Crippen MR) is 68.5 cm³/mol. The predicted octanol–water partition coefficient (Wildman–Crippen LogP) is 2.70. The summed E-state index contributed by atoms with van der Waals surface area (Å²) in [7, 11) is 0. The summed E-state index contributed by atoms with van der Waals surface area (Å²) in [5.41, 5.74) is 3.12. The Hall–Kier alpha value is -2.43. The lowest BCUT2D eigenvalue weighted by atomic mass is 10.1. The van der Waals surface area contributed by atoms with Gasteiger partial charge in [-0.1, -0.05) is 0 Å². The molecule has 0 spiro atoms. The van der Waals surface area contributed by atoms with E-state index in [1.165, 1.54) is 6.07 Å². The van der Waals surface area contributed by atoms with E-state index < -0.39 is 0 Å². The number of fused-ring (bicyclic) bond motifs is 2. The molecule has 0 saturated heterocycles. The van der Waals surface area contributed by atoms with E-state index in [1.54, 1.807) is 18.5 Å². The number of hydrogen-bond donors (Lipinski definition) is 1. The molecule has 0 amide bonds. The maximum atomic E-state index is 13.7. The number of halogens is 1. The fourth-order valence-corrected chi connectivity index (χ4v) is 2.43. The Labute approximate surface area is 108 Å². The van der Waals surface area contributed by atoms with Crippen molar-refractivity contribution >= 4 is 11.0 Å². The molecule has 94 valence electrons. The van der Waals surface area contributed by atoms with Crippen LogP contribution in [0.25, 0.3) is 22.4 Å². The van der Waals surface area contributed by atoms with Gasteiger partial charge in [0, 0.05) is 18.2 Å². The first-order valence-corrected chi connectivity index (χ1v) is 6.07. The second-order valence-corrected chi connectivity index (χ2v) is 4.48. The van der Waals surface area contributed by atoms with Gasteiger partial charge >= 0.3 is 0 Å². The standard InChI is InChI=1S/C14H10FN3O/c15-10-2-1-9(13-8(10)4-6-19-13)14-17-11-3-5-16-7-12(11)18-14/h1-3,5,7H,4,6H2,(H,17,18). The van der Waals surface area contributed by atoms with Crippen LogP contribution in [0.4, 0.5) is 4.39 Å². The smallest absolute Gasteiger partial charge is 0.142 e. The quantitative estimate of drug-likeness (QED) is 0.727. The van der Waals surface area contributed by atoms with Crippen molar-refractivity contribution in [3.63, 3.8) is 0 Å². The molecule has 1 aromatic carbocycles. The number of hydrogen-bond acceptors (Lipinski definition) is 3. The van der Waals surface area contributed by atoms with Crippen LogP contribution in [0.15, 0.2) is 30.6 Å². The zero-order valence-electron chi connectivity index (χ0n) is 9.98. The van der Waals surface area contributed by atoms with Gasteiger partial charge in [-0.15, -0.1) is 0 Å². The van der Waals surface area contributed by atoms with Gasteiger partial charge < -0.3 is 9.72 Å². The second kappa shape index (κ2) is 3.78. The van der Waals surface area contributed by atoms with Crippen LogP contribution in [-0.4, -0.2) is 21.6 Å². The lowest BCUT2D eigenvalue weighted by Crippen LogP contribution is -1.90. The third-order valence-electron chi connectivity index (χ3n) is 3.34. The summed E-state index contributed by atoms with van der Waals surface area (Å²) in [6.07, 6.45) is 4.02. The van der Waals surface area contributed by atoms with Crippen molar-refractivity contribution in [3.05, 3.63) is 42.0 Å². The first kappa shape index (κ1) is 10.5. The second-order valence-electron chi connectivity index (χ2n) is 4.48. The van der Waals surface area contributed by atoms with Gasteiger partial charge in [-0.25, -0.2) is 9.37 Å². The third-order valence-corrected chi connectivity index (χ3v) is 3.34. The summed E-state index contributed by atoms with van der Waals surface area (Å²) in [4.78, 5) is 11.7. The highest BCUT2D eigenvalue weighted by molar-refractivity contribution is 5.80. The van der Waals surface area contributed by atoms with E-state index >= 15 is 0 Å². The Bertz CT molecular complexity index is 748. The Morgan fingerprint density at radius 1 is 1.26 bits per heavy atom. The number of nitrogens with zero attached hydrogens (tertiary/aromatic N) is 2. The summed E-state index contributed by atoms with van der Waals surface area (Å²) < 4.78 is 19.2. The number of imidazole rings is 1. The van der Waals surface area contributed by atoms with Crippen LogP contribution in [-0.2, 0) is 6.42 Å². The molecule has 0 bridgehead atoms. The SMILES string of the molecule is Fc1ccc(-c2nc3ccncc3[nH]2)c2c1CCO2. The largest absolute Gasteiger partial charge is 0.492 e. The molecular weight excluding hydrogens is 245 g/mol. The van der Waals surface area contributed by atoms with Gasteiger partial charge in [0.15, 0.2) is 0 Å². The number of pyridine rings is 1. The minimum absolute atomic E-state index is 0.214. The molecule has 5 heteroatoms. The Kier molecular flexibility index (Phi) is 2.09. The van der Waals surface area contributed by atoms with E-state index in [-0.39, 0.29) is 5.82 Å². The fraction of sp³-hybridized carbons (Fsp3) is 0.143. The minimum atomic E-state index is -0.214. The zero-order valence-corrected chi connectivity index (χ0v) is 9.98. The van der Waals surface area contributed by atoms with Gasteiger partial charge in [-0.2, -0.15) is 0 Å². The first-order chi connectivity index (χ1) is 9.33. The van der Waals surface area contributed by atoms with Crippen molar-refractivity contribution in [1.82, 2.24) is 15.0 Å². The Morgan fingerprint density at radius 3 is 3.11 bits per heavy atom. The molecule has 19 heavy (non-hydrogen) atoms. The normalized spacial score (nSPS) is 13.5. The molecule has 3 heterocycles. The van der Waals surface area contributed by atoms with Crippen LogP contribution < -0.4 is 4.74 Å². The van der Waals surface area contributed by atoms with Crippen molar-refractivity contribution in [2.24, 2.45) is 0 Å². The average Bonchev–Trinajstić information content (AvgIpc) is 3.05. The molecule has 3 aromatic rings. The van der Waals surface area contributed by atoms with Crippen LogP contribution in [0.3, 0.4) is 0 Å². The number of benzene rings is 1. The number of ether oxygens (including phenoxy) is 1. The average molecular weight is 255 g/mol. The van der Waals surface area contributed by atoms with Crippen molar-refractivity contribution in [2.45, 2.75) is 6.42 Å². The zero-order chi connectivity index (χ0) is 12.8. The lowest BCUT2D eigenvalue weighted by molar-refractivity contribution is 0.358. The first-order valence-electron chi connectivity index (χ1n) is 6.07. The van der Waals surface area contributed by atoms with Crippen molar-refractivity contribution in [1.29, 1.82) is 0 Å². The molecule has 2 aromatic heterocycles. The molecular formula is C14H10FN3O. The van der Waals surface area contributed by atoms with Crippen molar-refractivity contribution < 1.29 is 9.13 Å². The van der Waals surface area contributed by atoms with Crippen LogP contribution >= 0.6 is 0 Å². The van der Waals surface area contributed by atoms with Gasteiger partial charge in [-0.3, -0.25) is 4.98 Å². The van der Waals surface area contributed by atoms with Gasteiger partial charge in [0.2, 0.25) is 0 Å². The maximum absolute atomic E-state index is 13.7. The van der Waals surface area contributed by atoms with E-state index in [1.807, 2.05) is 6.07 Å². The van der Waals surface area contributed by atoms with Crippen molar-refractivity contribution in [3.8, 4) is 17.1 Å². The van der Waals surface area contributed by atoms with Crippen LogP contribution in [0.2, 0.25) is 0 Å². The van der Waals surface area contributed by atoms with Gasteiger partial charge in [0.1, 0.15) is 17.4 Å².